The number of hydrogen-bond donors (Lipinski definition) is 0. The minimum atomic E-state index is -2.85. The number of tetrazole rings is 1. The number of thiazole rings is 1. The fraction of sp³-hybridized carbons (Fsp3) is 0.125. The summed E-state index contributed by atoms with van der Waals surface area (Å²) in [4.78, 5) is 4.57. The van der Waals surface area contributed by atoms with E-state index in [1.165, 1.54) is 12.1 Å². The van der Waals surface area contributed by atoms with Crippen molar-refractivity contribution in [2.45, 2.75) is 16.7 Å². The summed E-state index contributed by atoms with van der Waals surface area (Å²) >= 11 is 3.16. The van der Waals surface area contributed by atoms with Crippen molar-refractivity contribution in [1.29, 1.82) is 0 Å². The third-order valence-corrected chi connectivity index (χ3v) is 5.61. The second-order valence-corrected chi connectivity index (χ2v) is 7.37. The van der Waals surface area contributed by atoms with Crippen LogP contribution in [0, 0.1) is 0 Å². The number of nitrogens with zero attached hydrogens (tertiary/aromatic N) is 5. The summed E-state index contributed by atoms with van der Waals surface area (Å²) in [6.07, 6.45) is 0. The molecule has 10 heteroatoms. The van der Waals surface area contributed by atoms with E-state index in [0.717, 1.165) is 14.6 Å². The number of alkyl halides is 2. The van der Waals surface area contributed by atoms with Gasteiger partial charge in [-0.2, -0.15) is 13.5 Å². The lowest BCUT2D eigenvalue weighted by Crippen LogP contribution is -2.04. The third kappa shape index (κ3) is 3.65. The normalized spacial score (nSPS) is 11.3. The molecule has 2 heterocycles. The first-order valence-corrected chi connectivity index (χ1v) is 9.30. The molecular weight excluding hydrogens is 380 g/mol. The largest absolute Gasteiger partial charge is 0.435 e. The van der Waals surface area contributed by atoms with E-state index in [9.17, 15) is 8.78 Å². The summed E-state index contributed by atoms with van der Waals surface area (Å²) in [6.45, 7) is -2.85. The van der Waals surface area contributed by atoms with Gasteiger partial charge in [-0.05, 0) is 46.8 Å². The summed E-state index contributed by atoms with van der Waals surface area (Å²) in [7, 11) is 0. The van der Waals surface area contributed by atoms with Gasteiger partial charge in [0.2, 0.25) is 0 Å². The summed E-state index contributed by atoms with van der Waals surface area (Å²) in [5.41, 5.74) is 1.63. The highest BCUT2D eigenvalue weighted by Crippen LogP contribution is 2.31. The molecule has 26 heavy (non-hydrogen) atoms. The van der Waals surface area contributed by atoms with Gasteiger partial charge in [0.05, 0.1) is 21.7 Å². The Morgan fingerprint density at radius 1 is 1.12 bits per heavy atom. The Labute approximate surface area is 154 Å². The molecule has 0 aliphatic heterocycles. The topological polar surface area (TPSA) is 65.7 Å². The lowest BCUT2D eigenvalue weighted by Gasteiger charge is -2.06. The van der Waals surface area contributed by atoms with Gasteiger partial charge in [0, 0.05) is 0 Å². The Bertz CT molecular complexity index is 986. The molecule has 2 aromatic carbocycles. The van der Waals surface area contributed by atoms with Gasteiger partial charge >= 0.3 is 6.61 Å². The Balaban J connectivity index is 1.49. The van der Waals surface area contributed by atoms with Crippen LogP contribution in [0.4, 0.5) is 8.78 Å². The highest BCUT2D eigenvalue weighted by atomic mass is 32.2. The molecule has 6 nitrogen and oxygen atoms in total. The molecule has 0 N–H and O–H groups in total. The van der Waals surface area contributed by atoms with Crippen molar-refractivity contribution in [3.8, 4) is 11.4 Å². The maximum absolute atomic E-state index is 12.2. The second kappa shape index (κ2) is 7.34. The molecule has 2 aromatic heterocycles. The number of ether oxygens (including phenoxy) is 1. The summed E-state index contributed by atoms with van der Waals surface area (Å²) < 4.78 is 32.4. The molecule has 0 amide bonds. The maximum Gasteiger partial charge on any atom is 0.387 e. The number of aromatic nitrogens is 5. The van der Waals surface area contributed by atoms with Crippen LogP contribution in [0.3, 0.4) is 0 Å². The summed E-state index contributed by atoms with van der Waals surface area (Å²) in [5, 5.41) is 11.7. The molecule has 0 aliphatic rings. The Morgan fingerprint density at radius 2 is 1.92 bits per heavy atom. The van der Waals surface area contributed by atoms with E-state index in [1.54, 1.807) is 39.9 Å². The molecule has 0 unspecified atom stereocenters. The molecular formula is C16H11F2N5OS2. The zero-order valence-electron chi connectivity index (χ0n) is 13.1. The second-order valence-electron chi connectivity index (χ2n) is 5.12. The molecule has 0 radical (unpaired) electrons. The smallest absolute Gasteiger partial charge is 0.387 e. The lowest BCUT2D eigenvalue weighted by atomic mass is 10.3. The van der Waals surface area contributed by atoms with Crippen molar-refractivity contribution < 1.29 is 13.5 Å². The van der Waals surface area contributed by atoms with E-state index in [2.05, 4.69) is 25.2 Å². The van der Waals surface area contributed by atoms with E-state index in [4.69, 9.17) is 0 Å². The molecule has 0 aliphatic carbocycles. The van der Waals surface area contributed by atoms with Gasteiger partial charge < -0.3 is 4.74 Å². The van der Waals surface area contributed by atoms with Gasteiger partial charge in [-0.1, -0.05) is 23.9 Å². The number of benzene rings is 2. The van der Waals surface area contributed by atoms with Crippen molar-refractivity contribution in [2.24, 2.45) is 0 Å². The number of fused-ring (bicyclic) bond motifs is 1. The highest BCUT2D eigenvalue weighted by Gasteiger charge is 2.12. The third-order valence-electron chi connectivity index (χ3n) is 3.44. The van der Waals surface area contributed by atoms with Gasteiger partial charge in [0.25, 0.3) is 0 Å². The van der Waals surface area contributed by atoms with E-state index in [-0.39, 0.29) is 5.75 Å². The first kappa shape index (κ1) is 16.9. The zero-order valence-corrected chi connectivity index (χ0v) is 14.8. The molecule has 0 spiro atoms. The van der Waals surface area contributed by atoms with Crippen LogP contribution in [0.5, 0.6) is 5.75 Å². The molecule has 0 atom stereocenters. The average Bonchev–Trinajstić information content (AvgIpc) is 3.26. The van der Waals surface area contributed by atoms with Gasteiger partial charge in [0.15, 0.2) is 10.2 Å². The summed E-state index contributed by atoms with van der Waals surface area (Å²) in [5.74, 6) is 1.25. The van der Waals surface area contributed by atoms with Crippen LogP contribution in [0.2, 0.25) is 0 Å². The van der Waals surface area contributed by atoms with Gasteiger partial charge in [-0.15, -0.1) is 16.4 Å². The molecule has 0 fully saturated rings. The number of para-hydroxylation sites is 1. The van der Waals surface area contributed by atoms with E-state index in [1.807, 2.05) is 24.3 Å². The maximum atomic E-state index is 12.2. The highest BCUT2D eigenvalue weighted by molar-refractivity contribution is 8.00. The Kier molecular flexibility index (Phi) is 4.76. The predicted molar refractivity (Wildman–Crippen MR) is 95.0 cm³/mol. The van der Waals surface area contributed by atoms with Gasteiger partial charge in [0.1, 0.15) is 5.75 Å². The molecule has 0 saturated heterocycles. The molecule has 4 aromatic rings. The quantitative estimate of drug-likeness (QED) is 0.460. The van der Waals surface area contributed by atoms with E-state index in [0.29, 0.717) is 17.3 Å². The number of halogens is 2. The van der Waals surface area contributed by atoms with Crippen LogP contribution in [0.15, 0.2) is 52.9 Å². The van der Waals surface area contributed by atoms with Crippen LogP contribution in [0.1, 0.15) is 5.82 Å². The zero-order chi connectivity index (χ0) is 17.9. The Hall–Kier alpha value is -2.59. The predicted octanol–water partition coefficient (Wildman–Crippen LogP) is 4.17. The molecule has 0 saturated carbocycles. The Morgan fingerprint density at radius 3 is 2.69 bits per heavy atom. The van der Waals surface area contributed by atoms with E-state index < -0.39 is 6.61 Å². The van der Waals surface area contributed by atoms with Crippen molar-refractivity contribution >= 4 is 33.3 Å². The van der Waals surface area contributed by atoms with Crippen LogP contribution in [-0.2, 0) is 5.75 Å². The van der Waals surface area contributed by atoms with Crippen LogP contribution >= 0.6 is 23.1 Å². The van der Waals surface area contributed by atoms with Gasteiger partial charge in [-0.3, -0.25) is 0 Å². The molecule has 0 bridgehead atoms. The average molecular weight is 391 g/mol. The summed E-state index contributed by atoms with van der Waals surface area (Å²) in [6, 6.07) is 14.1. The standard InChI is InChI=1S/C16H11F2N5OS2/c17-15(18)24-11-7-5-10(6-8-11)23-14(20-21-22-23)9-25-16-19-12-3-1-2-4-13(12)26-16/h1-8,15H,9H2. The van der Waals surface area contributed by atoms with Crippen molar-refractivity contribution in [2.75, 3.05) is 0 Å². The van der Waals surface area contributed by atoms with Crippen LogP contribution in [-0.4, -0.2) is 31.8 Å². The van der Waals surface area contributed by atoms with E-state index >= 15 is 0 Å². The van der Waals surface area contributed by atoms with Crippen LogP contribution < -0.4 is 4.74 Å². The number of rotatable bonds is 6. The number of thioether (sulfide) groups is 1. The monoisotopic (exact) mass is 391 g/mol. The first-order valence-electron chi connectivity index (χ1n) is 7.50. The van der Waals surface area contributed by atoms with Crippen molar-refractivity contribution in [3.63, 3.8) is 0 Å². The minimum Gasteiger partial charge on any atom is -0.435 e. The molecule has 132 valence electrons. The lowest BCUT2D eigenvalue weighted by molar-refractivity contribution is -0.0498. The first-order chi connectivity index (χ1) is 12.7. The van der Waals surface area contributed by atoms with Gasteiger partial charge in [-0.25, -0.2) is 4.98 Å². The fourth-order valence-corrected chi connectivity index (χ4v) is 4.28. The fourth-order valence-electron chi connectivity index (χ4n) is 2.30. The van der Waals surface area contributed by atoms with Crippen molar-refractivity contribution in [3.05, 3.63) is 54.4 Å². The van der Waals surface area contributed by atoms with Crippen molar-refractivity contribution in [1.82, 2.24) is 25.2 Å². The molecule has 4 rings (SSSR count). The van der Waals surface area contributed by atoms with Crippen LogP contribution in [0.25, 0.3) is 15.9 Å². The SMILES string of the molecule is FC(F)Oc1ccc(-n2nnnc2CSc2nc3ccccc3s2)cc1. The number of hydrogen-bond acceptors (Lipinski definition) is 7. The minimum absolute atomic E-state index is 0.0854.